The van der Waals surface area contributed by atoms with Gasteiger partial charge in [-0.05, 0) is 58.7 Å². The summed E-state index contributed by atoms with van der Waals surface area (Å²) in [5, 5.41) is 8.67. The summed E-state index contributed by atoms with van der Waals surface area (Å²) in [6.07, 6.45) is 0. The molecule has 0 spiro atoms. The van der Waals surface area contributed by atoms with Crippen LogP contribution in [0, 0.1) is 0 Å². The van der Waals surface area contributed by atoms with E-state index in [0.29, 0.717) is 11.8 Å². The maximum absolute atomic E-state index is 6.10. The molecule has 2 aromatic heterocycles. The zero-order valence-electron chi connectivity index (χ0n) is 24.2. The SMILES string of the molecule is c1ccc(-c2cccc(-c3nnc(-c4ccc(-c5ccc(-c6nc7ccccc7nc6-c6ccccc6)cc5)cc4)o3)c2)cc1. The second-order valence-corrected chi connectivity index (χ2v) is 10.8. The lowest BCUT2D eigenvalue weighted by molar-refractivity contribution is 0.584. The molecular formula is C40H26N4O. The minimum absolute atomic E-state index is 0.486. The fourth-order valence-electron chi connectivity index (χ4n) is 5.54. The van der Waals surface area contributed by atoms with E-state index in [1.165, 1.54) is 0 Å². The van der Waals surface area contributed by atoms with E-state index >= 15 is 0 Å². The second kappa shape index (κ2) is 11.5. The van der Waals surface area contributed by atoms with Crippen molar-refractivity contribution in [3.63, 3.8) is 0 Å². The molecule has 0 saturated heterocycles. The van der Waals surface area contributed by atoms with Crippen molar-refractivity contribution in [2.45, 2.75) is 0 Å². The van der Waals surface area contributed by atoms with Gasteiger partial charge < -0.3 is 4.42 Å². The van der Waals surface area contributed by atoms with E-state index < -0.39 is 0 Å². The second-order valence-electron chi connectivity index (χ2n) is 10.8. The third-order valence-corrected chi connectivity index (χ3v) is 7.88. The Morgan fingerprint density at radius 1 is 0.311 bits per heavy atom. The number of fused-ring (bicyclic) bond motifs is 1. The lowest BCUT2D eigenvalue weighted by Gasteiger charge is -2.11. The Morgan fingerprint density at radius 3 is 1.31 bits per heavy atom. The fraction of sp³-hybridized carbons (Fsp3) is 0. The first-order chi connectivity index (χ1) is 22.3. The number of para-hydroxylation sites is 2. The number of hydrogen-bond acceptors (Lipinski definition) is 5. The smallest absolute Gasteiger partial charge is 0.248 e. The van der Waals surface area contributed by atoms with Crippen molar-refractivity contribution in [1.29, 1.82) is 0 Å². The zero-order chi connectivity index (χ0) is 30.0. The highest BCUT2D eigenvalue weighted by Crippen LogP contribution is 2.33. The standard InChI is InChI=1S/C40H26N4O/c1-3-10-27(11-4-1)33-14-9-15-34(26-33)40-44-43-39(45-40)32-24-20-29(21-25-32)28-18-22-31(23-19-28)38-37(30-12-5-2-6-13-30)41-35-16-7-8-17-36(35)42-38/h1-26H. The molecule has 2 heterocycles. The minimum Gasteiger partial charge on any atom is -0.416 e. The third-order valence-electron chi connectivity index (χ3n) is 7.88. The Bertz CT molecular complexity index is 2240. The molecule has 0 aliphatic heterocycles. The molecule has 5 nitrogen and oxygen atoms in total. The van der Waals surface area contributed by atoms with Crippen LogP contribution < -0.4 is 0 Å². The molecule has 0 N–H and O–H groups in total. The summed E-state index contributed by atoms with van der Waals surface area (Å²) in [5.74, 6) is 0.981. The lowest BCUT2D eigenvalue weighted by Crippen LogP contribution is -1.95. The van der Waals surface area contributed by atoms with Crippen molar-refractivity contribution < 1.29 is 4.42 Å². The van der Waals surface area contributed by atoms with E-state index in [2.05, 4.69) is 83.0 Å². The molecule has 8 rings (SSSR count). The van der Waals surface area contributed by atoms with Crippen LogP contribution in [0.3, 0.4) is 0 Å². The molecule has 0 bridgehead atoms. The number of aromatic nitrogens is 4. The summed E-state index contributed by atoms with van der Waals surface area (Å²) in [6.45, 7) is 0. The van der Waals surface area contributed by atoms with Gasteiger partial charge >= 0.3 is 0 Å². The van der Waals surface area contributed by atoms with Crippen LogP contribution in [0.25, 0.3) is 78.7 Å². The van der Waals surface area contributed by atoms with Crippen LogP contribution in [-0.2, 0) is 0 Å². The van der Waals surface area contributed by atoms with Crippen LogP contribution in [-0.4, -0.2) is 20.2 Å². The molecule has 212 valence electrons. The van der Waals surface area contributed by atoms with Crippen molar-refractivity contribution in [2.75, 3.05) is 0 Å². The topological polar surface area (TPSA) is 64.7 Å². The van der Waals surface area contributed by atoms with E-state index in [1.54, 1.807) is 0 Å². The van der Waals surface area contributed by atoms with Crippen LogP contribution in [0.1, 0.15) is 0 Å². The fourth-order valence-corrected chi connectivity index (χ4v) is 5.54. The molecule has 0 atom stereocenters. The molecule has 0 amide bonds. The molecule has 0 fully saturated rings. The molecule has 5 heteroatoms. The molecular weight excluding hydrogens is 552 g/mol. The highest BCUT2D eigenvalue weighted by molar-refractivity contribution is 5.86. The molecule has 0 unspecified atom stereocenters. The molecule has 45 heavy (non-hydrogen) atoms. The summed E-state index contributed by atoms with van der Waals surface area (Å²) in [5.41, 5.74) is 11.7. The molecule has 6 aromatic carbocycles. The van der Waals surface area contributed by atoms with Gasteiger partial charge in [0.2, 0.25) is 11.8 Å². The van der Waals surface area contributed by atoms with Crippen molar-refractivity contribution in [3.8, 4) is 67.7 Å². The highest BCUT2D eigenvalue weighted by Gasteiger charge is 2.14. The van der Waals surface area contributed by atoms with Crippen molar-refractivity contribution in [2.24, 2.45) is 0 Å². The first-order valence-corrected chi connectivity index (χ1v) is 14.8. The van der Waals surface area contributed by atoms with Gasteiger partial charge in [0, 0.05) is 22.3 Å². The average molecular weight is 579 g/mol. The van der Waals surface area contributed by atoms with Crippen LogP contribution in [0.5, 0.6) is 0 Å². The maximum Gasteiger partial charge on any atom is 0.248 e. The molecule has 0 aliphatic rings. The number of nitrogens with zero attached hydrogens (tertiary/aromatic N) is 4. The van der Waals surface area contributed by atoms with Gasteiger partial charge in [0.05, 0.1) is 22.4 Å². The predicted octanol–water partition coefficient (Wildman–Crippen LogP) is 10.0. The first kappa shape index (κ1) is 26.4. The van der Waals surface area contributed by atoms with E-state index in [1.807, 2.05) is 84.9 Å². The van der Waals surface area contributed by atoms with Crippen LogP contribution in [0.15, 0.2) is 162 Å². The Balaban J connectivity index is 1.06. The summed E-state index contributed by atoms with van der Waals surface area (Å²) in [6, 6.07) is 53.3. The van der Waals surface area contributed by atoms with Gasteiger partial charge in [-0.1, -0.05) is 121 Å². The Hall–Kier alpha value is -6.20. The lowest BCUT2D eigenvalue weighted by atomic mass is 9.99. The summed E-state index contributed by atoms with van der Waals surface area (Å²) in [4.78, 5) is 10.0. The Morgan fingerprint density at radius 2 is 0.711 bits per heavy atom. The summed E-state index contributed by atoms with van der Waals surface area (Å²) >= 11 is 0. The van der Waals surface area contributed by atoms with Crippen LogP contribution in [0.2, 0.25) is 0 Å². The van der Waals surface area contributed by atoms with Gasteiger partial charge in [-0.25, -0.2) is 9.97 Å². The molecule has 0 radical (unpaired) electrons. The average Bonchev–Trinajstić information content (AvgIpc) is 3.63. The first-order valence-electron chi connectivity index (χ1n) is 14.8. The van der Waals surface area contributed by atoms with E-state index in [9.17, 15) is 0 Å². The van der Waals surface area contributed by atoms with Gasteiger partial charge in [0.1, 0.15) is 0 Å². The van der Waals surface area contributed by atoms with E-state index in [0.717, 1.165) is 66.9 Å². The van der Waals surface area contributed by atoms with Crippen molar-refractivity contribution >= 4 is 11.0 Å². The minimum atomic E-state index is 0.486. The van der Waals surface area contributed by atoms with Gasteiger partial charge in [0.15, 0.2) is 0 Å². The van der Waals surface area contributed by atoms with Gasteiger partial charge in [-0.2, -0.15) is 0 Å². The zero-order valence-corrected chi connectivity index (χ0v) is 24.2. The molecule has 0 aliphatic carbocycles. The summed E-state index contributed by atoms with van der Waals surface area (Å²) in [7, 11) is 0. The van der Waals surface area contributed by atoms with Crippen LogP contribution >= 0.6 is 0 Å². The van der Waals surface area contributed by atoms with Crippen LogP contribution in [0.4, 0.5) is 0 Å². The molecule has 0 saturated carbocycles. The number of benzene rings is 6. The maximum atomic E-state index is 6.10. The normalized spacial score (nSPS) is 11.1. The van der Waals surface area contributed by atoms with E-state index in [-0.39, 0.29) is 0 Å². The van der Waals surface area contributed by atoms with Crippen molar-refractivity contribution in [1.82, 2.24) is 20.2 Å². The predicted molar refractivity (Wildman–Crippen MR) is 180 cm³/mol. The number of hydrogen-bond donors (Lipinski definition) is 0. The Labute approximate surface area is 260 Å². The summed E-state index contributed by atoms with van der Waals surface area (Å²) < 4.78 is 6.10. The van der Waals surface area contributed by atoms with Gasteiger partial charge in [-0.15, -0.1) is 10.2 Å². The monoisotopic (exact) mass is 578 g/mol. The Kier molecular flexibility index (Phi) is 6.74. The van der Waals surface area contributed by atoms with Crippen molar-refractivity contribution in [3.05, 3.63) is 158 Å². The highest BCUT2D eigenvalue weighted by atomic mass is 16.4. The molecule has 8 aromatic rings. The number of rotatable bonds is 6. The third kappa shape index (κ3) is 5.28. The van der Waals surface area contributed by atoms with Gasteiger partial charge in [-0.3, -0.25) is 0 Å². The quantitative estimate of drug-likeness (QED) is 0.196. The van der Waals surface area contributed by atoms with Gasteiger partial charge in [0.25, 0.3) is 0 Å². The largest absolute Gasteiger partial charge is 0.416 e. The van der Waals surface area contributed by atoms with E-state index in [4.69, 9.17) is 14.4 Å².